The van der Waals surface area contributed by atoms with Crippen LogP contribution < -0.4 is 26.5 Å². The molecule has 150 valence electrons. The van der Waals surface area contributed by atoms with Crippen LogP contribution in [0.5, 0.6) is 17.2 Å². The zero-order valence-corrected chi connectivity index (χ0v) is 15.7. The van der Waals surface area contributed by atoms with Crippen LogP contribution in [0.15, 0.2) is 62.9 Å². The molecule has 9 heteroatoms. The van der Waals surface area contributed by atoms with Crippen molar-refractivity contribution in [2.24, 2.45) is 13.0 Å². The third kappa shape index (κ3) is 3.85. The predicted octanol–water partition coefficient (Wildman–Crippen LogP) is 1.04. The van der Waals surface area contributed by atoms with E-state index in [2.05, 4.69) is 4.98 Å². The second-order valence-corrected chi connectivity index (χ2v) is 6.67. The third-order valence-electron chi connectivity index (χ3n) is 4.54. The first-order valence-corrected chi connectivity index (χ1v) is 9.03. The van der Waals surface area contributed by atoms with Crippen molar-refractivity contribution in [1.29, 1.82) is 0 Å². The summed E-state index contributed by atoms with van der Waals surface area (Å²) in [6, 6.07) is 13.9. The fourth-order valence-corrected chi connectivity index (χ4v) is 2.82. The van der Waals surface area contributed by atoms with E-state index < -0.39 is 17.1 Å². The van der Waals surface area contributed by atoms with E-state index in [9.17, 15) is 14.4 Å². The quantitative estimate of drug-likeness (QED) is 0.667. The van der Waals surface area contributed by atoms with Gasteiger partial charge in [-0.15, -0.1) is 0 Å². The van der Waals surface area contributed by atoms with Gasteiger partial charge in [-0.1, -0.05) is 18.2 Å². The minimum atomic E-state index is -0.826. The molecule has 1 aliphatic rings. The number of nitrogens with zero attached hydrogens (tertiary/aromatic N) is 2. The van der Waals surface area contributed by atoms with Gasteiger partial charge >= 0.3 is 17.1 Å². The number of aromatic amines is 1. The Balaban J connectivity index is 1.75. The lowest BCUT2D eigenvalue weighted by molar-refractivity contribution is -0.0510. The first kappa shape index (κ1) is 18.8. The predicted molar refractivity (Wildman–Crippen MR) is 104 cm³/mol. The van der Waals surface area contributed by atoms with Crippen LogP contribution in [0.4, 0.5) is 0 Å². The highest BCUT2D eigenvalue weighted by Gasteiger charge is 2.21. The summed E-state index contributed by atoms with van der Waals surface area (Å²) < 4.78 is 18.7. The van der Waals surface area contributed by atoms with E-state index in [1.54, 1.807) is 30.3 Å². The van der Waals surface area contributed by atoms with E-state index in [-0.39, 0.29) is 11.6 Å². The van der Waals surface area contributed by atoms with Crippen molar-refractivity contribution in [2.45, 2.75) is 0 Å². The topological polar surface area (TPSA) is 105 Å². The van der Waals surface area contributed by atoms with Gasteiger partial charge in [0.1, 0.15) is 5.75 Å². The van der Waals surface area contributed by atoms with Crippen molar-refractivity contribution >= 4 is 0 Å². The van der Waals surface area contributed by atoms with E-state index >= 15 is 0 Å². The number of aromatic nitrogens is 3. The summed E-state index contributed by atoms with van der Waals surface area (Å²) in [6.45, 7) is 1.65. The van der Waals surface area contributed by atoms with Gasteiger partial charge in [0.2, 0.25) is 0 Å². The summed E-state index contributed by atoms with van der Waals surface area (Å²) in [6.07, 6.45) is 0. The van der Waals surface area contributed by atoms with Gasteiger partial charge in [0, 0.05) is 19.0 Å². The largest absolute Gasteiger partial charge is 0.489 e. The highest BCUT2D eigenvalue weighted by Crippen LogP contribution is 2.33. The van der Waals surface area contributed by atoms with E-state index in [0.29, 0.717) is 37.1 Å². The van der Waals surface area contributed by atoms with Gasteiger partial charge in [-0.25, -0.2) is 23.5 Å². The van der Waals surface area contributed by atoms with Crippen molar-refractivity contribution in [3.63, 3.8) is 0 Å². The monoisotopic (exact) mass is 397 g/mol. The van der Waals surface area contributed by atoms with Crippen LogP contribution in [0.2, 0.25) is 0 Å². The Morgan fingerprint density at radius 3 is 2.48 bits per heavy atom. The van der Waals surface area contributed by atoms with Crippen LogP contribution in [0.1, 0.15) is 0 Å². The molecule has 0 aliphatic carbocycles. The van der Waals surface area contributed by atoms with Crippen molar-refractivity contribution in [1.82, 2.24) is 14.1 Å². The molecule has 1 aromatic heterocycles. The van der Waals surface area contributed by atoms with Crippen LogP contribution >= 0.6 is 0 Å². The summed E-state index contributed by atoms with van der Waals surface area (Å²) in [5, 5.41) is 0. The Morgan fingerprint density at radius 2 is 1.79 bits per heavy atom. The van der Waals surface area contributed by atoms with Crippen LogP contribution in [0, 0.1) is 5.92 Å². The Kier molecular flexibility index (Phi) is 5.05. The van der Waals surface area contributed by atoms with Gasteiger partial charge in [0.25, 0.3) is 0 Å². The average Bonchev–Trinajstić information content (AvgIpc) is 2.67. The van der Waals surface area contributed by atoms with Gasteiger partial charge in [0.05, 0.1) is 25.5 Å². The van der Waals surface area contributed by atoms with Crippen molar-refractivity contribution in [3.8, 4) is 22.9 Å². The molecule has 29 heavy (non-hydrogen) atoms. The molecular weight excluding hydrogens is 378 g/mol. The van der Waals surface area contributed by atoms with E-state index in [1.807, 2.05) is 18.2 Å². The van der Waals surface area contributed by atoms with Crippen LogP contribution in [0.3, 0.4) is 0 Å². The number of hydrogen-bond donors (Lipinski definition) is 1. The van der Waals surface area contributed by atoms with Gasteiger partial charge < -0.3 is 14.2 Å². The summed E-state index contributed by atoms with van der Waals surface area (Å²) in [4.78, 5) is 38.4. The van der Waals surface area contributed by atoms with E-state index in [4.69, 9.17) is 14.2 Å². The Bertz CT molecular complexity index is 1190. The Morgan fingerprint density at radius 1 is 1.03 bits per heavy atom. The molecule has 2 aromatic carbocycles. The van der Waals surface area contributed by atoms with E-state index in [0.717, 1.165) is 9.13 Å². The standard InChI is InChI=1S/C20H19N3O6/c1-22-18(24)21-19(25)23(20(22)26)14-7-8-16(29-15-5-3-2-4-6-15)17(9-14)28-12-13-10-27-11-13/h2-9,13H,10-12H2,1H3,(H,21,24,25). The fraction of sp³-hybridized carbons (Fsp3) is 0.250. The second kappa shape index (κ2) is 7.80. The fourth-order valence-electron chi connectivity index (χ4n) is 2.82. The SMILES string of the molecule is Cn1c(=O)[nH]c(=O)n(-c2ccc(Oc3ccccc3)c(OCC3COC3)c2)c1=O. The molecule has 1 fully saturated rings. The number of nitrogens with one attached hydrogen (secondary N) is 1. The molecule has 1 N–H and O–H groups in total. The normalized spacial score (nSPS) is 13.7. The molecule has 9 nitrogen and oxygen atoms in total. The average molecular weight is 397 g/mol. The maximum atomic E-state index is 12.4. The second-order valence-electron chi connectivity index (χ2n) is 6.67. The lowest BCUT2D eigenvalue weighted by atomic mass is 10.1. The smallest absolute Gasteiger partial charge is 0.340 e. The zero-order chi connectivity index (χ0) is 20.4. The van der Waals surface area contributed by atoms with Crippen LogP contribution in [-0.2, 0) is 11.8 Å². The zero-order valence-electron chi connectivity index (χ0n) is 15.7. The number of para-hydroxylation sites is 1. The van der Waals surface area contributed by atoms with Crippen molar-refractivity contribution in [3.05, 3.63) is 80.0 Å². The van der Waals surface area contributed by atoms with Gasteiger partial charge in [-0.05, 0) is 24.3 Å². The number of H-pyrrole nitrogens is 1. The number of benzene rings is 2. The van der Waals surface area contributed by atoms with Crippen LogP contribution in [0.25, 0.3) is 5.69 Å². The first-order chi connectivity index (χ1) is 14.0. The minimum absolute atomic E-state index is 0.257. The highest BCUT2D eigenvalue weighted by molar-refractivity contribution is 5.50. The molecule has 3 aromatic rings. The van der Waals surface area contributed by atoms with Gasteiger partial charge in [0.15, 0.2) is 11.5 Å². The Labute approximate surface area is 164 Å². The Hall–Kier alpha value is -3.59. The molecule has 0 atom stereocenters. The molecule has 0 saturated carbocycles. The van der Waals surface area contributed by atoms with Gasteiger partial charge in [-0.3, -0.25) is 4.98 Å². The molecule has 0 amide bonds. The summed E-state index contributed by atoms with van der Waals surface area (Å²) in [5.41, 5.74) is -2.10. The molecular formula is C20H19N3O6. The van der Waals surface area contributed by atoms with Gasteiger partial charge in [-0.2, -0.15) is 0 Å². The van der Waals surface area contributed by atoms with Crippen molar-refractivity contribution < 1.29 is 14.2 Å². The highest BCUT2D eigenvalue weighted by atomic mass is 16.5. The lowest BCUT2D eigenvalue weighted by Crippen LogP contribution is -2.47. The number of ether oxygens (including phenoxy) is 3. The maximum absolute atomic E-state index is 12.4. The molecule has 0 spiro atoms. The minimum Gasteiger partial charge on any atom is -0.489 e. The molecule has 2 heterocycles. The molecule has 1 aliphatic heterocycles. The molecule has 1 saturated heterocycles. The molecule has 0 radical (unpaired) electrons. The van der Waals surface area contributed by atoms with E-state index in [1.165, 1.54) is 7.05 Å². The van der Waals surface area contributed by atoms with Crippen molar-refractivity contribution in [2.75, 3.05) is 19.8 Å². The first-order valence-electron chi connectivity index (χ1n) is 9.03. The lowest BCUT2D eigenvalue weighted by Gasteiger charge is -2.26. The molecule has 4 rings (SSSR count). The number of rotatable bonds is 6. The molecule has 0 bridgehead atoms. The summed E-state index contributed by atoms with van der Waals surface area (Å²) >= 11 is 0. The maximum Gasteiger partial charge on any atom is 0.340 e. The van der Waals surface area contributed by atoms with Crippen LogP contribution in [-0.4, -0.2) is 33.9 Å². The summed E-state index contributed by atoms with van der Waals surface area (Å²) in [5.74, 6) is 1.70. The summed E-state index contributed by atoms with van der Waals surface area (Å²) in [7, 11) is 1.29. The third-order valence-corrected chi connectivity index (χ3v) is 4.54. The molecule has 0 unspecified atom stereocenters. The number of hydrogen-bond acceptors (Lipinski definition) is 6.